The van der Waals surface area contributed by atoms with Crippen molar-refractivity contribution in [2.75, 3.05) is 29.2 Å². The first-order valence-electron chi connectivity index (χ1n) is 12.7. The summed E-state index contributed by atoms with van der Waals surface area (Å²) in [4.78, 5) is 22.1. The molecule has 10 nitrogen and oxygen atoms in total. The van der Waals surface area contributed by atoms with Crippen molar-refractivity contribution < 1.29 is 23.0 Å². The third-order valence-corrected chi connectivity index (χ3v) is 7.11. The molecule has 0 aliphatic heterocycles. The number of rotatable bonds is 10. The van der Waals surface area contributed by atoms with Crippen LogP contribution in [0.4, 0.5) is 28.7 Å². The summed E-state index contributed by atoms with van der Waals surface area (Å²) < 4.78 is 35.2. The number of carbonyl (C=O) groups is 1. The molecular formula is C30H26ClN5O5S. The van der Waals surface area contributed by atoms with E-state index in [1.807, 2.05) is 6.07 Å². The monoisotopic (exact) mass is 603 g/mol. The van der Waals surface area contributed by atoms with Gasteiger partial charge in [-0.05, 0) is 48.0 Å². The fourth-order valence-electron chi connectivity index (χ4n) is 4.22. The zero-order chi connectivity index (χ0) is 29.6. The highest BCUT2D eigenvalue weighted by molar-refractivity contribution is 7.81. The van der Waals surface area contributed by atoms with Crippen LogP contribution in [0.25, 0.3) is 11.0 Å². The molecule has 0 bridgehead atoms. The van der Waals surface area contributed by atoms with Crippen molar-refractivity contribution >= 4 is 68.5 Å². The maximum absolute atomic E-state index is 12.8. The SMILES string of the molecule is COc1cc(Nc2nc3ccccc3nc2N(c2cccc(NC(=O)Cc3ccc(Cl)cc3)c2)S(=O)O)cc(OC)c1. The molecule has 5 rings (SSSR count). The number of nitrogens with one attached hydrogen (secondary N) is 2. The molecule has 4 aromatic carbocycles. The Bertz CT molecular complexity index is 1750. The van der Waals surface area contributed by atoms with E-state index in [2.05, 4.69) is 10.6 Å². The molecule has 1 atom stereocenters. The number of carbonyl (C=O) groups excluding carboxylic acids is 1. The van der Waals surface area contributed by atoms with Crippen LogP contribution in [0.5, 0.6) is 11.5 Å². The minimum atomic E-state index is -2.57. The summed E-state index contributed by atoms with van der Waals surface area (Å²) in [6, 6.07) is 26.0. The van der Waals surface area contributed by atoms with Crippen molar-refractivity contribution in [2.45, 2.75) is 6.42 Å². The number of halogens is 1. The van der Waals surface area contributed by atoms with Gasteiger partial charge in [0.1, 0.15) is 11.5 Å². The van der Waals surface area contributed by atoms with Crippen molar-refractivity contribution in [2.24, 2.45) is 0 Å². The van der Waals surface area contributed by atoms with Gasteiger partial charge in [-0.2, -0.15) is 0 Å². The van der Waals surface area contributed by atoms with E-state index in [0.717, 1.165) is 9.87 Å². The van der Waals surface area contributed by atoms with E-state index in [4.69, 9.17) is 31.0 Å². The number of amides is 1. The van der Waals surface area contributed by atoms with Crippen molar-refractivity contribution in [3.63, 3.8) is 0 Å². The third kappa shape index (κ3) is 6.77. The van der Waals surface area contributed by atoms with Gasteiger partial charge in [-0.15, -0.1) is 0 Å². The van der Waals surface area contributed by atoms with E-state index in [0.29, 0.717) is 44.6 Å². The maximum Gasteiger partial charge on any atom is 0.268 e. The average Bonchev–Trinajstić information content (AvgIpc) is 2.98. The lowest BCUT2D eigenvalue weighted by Crippen LogP contribution is -2.22. The molecule has 0 spiro atoms. The van der Waals surface area contributed by atoms with Crippen LogP contribution in [0.2, 0.25) is 5.02 Å². The van der Waals surface area contributed by atoms with Crippen LogP contribution < -0.4 is 24.4 Å². The molecule has 1 aromatic heterocycles. The number of benzene rings is 4. The van der Waals surface area contributed by atoms with Gasteiger partial charge in [0.15, 0.2) is 11.6 Å². The van der Waals surface area contributed by atoms with E-state index in [9.17, 15) is 13.6 Å². The van der Waals surface area contributed by atoms with Crippen LogP contribution in [0.3, 0.4) is 0 Å². The molecule has 0 fully saturated rings. The Hall–Kier alpha value is -4.71. The Kier molecular flexibility index (Phi) is 8.82. The summed E-state index contributed by atoms with van der Waals surface area (Å²) in [5.41, 5.74) is 3.18. The largest absolute Gasteiger partial charge is 0.497 e. The minimum Gasteiger partial charge on any atom is -0.497 e. The Labute approximate surface area is 249 Å². The van der Waals surface area contributed by atoms with Crippen LogP contribution in [-0.4, -0.2) is 38.9 Å². The van der Waals surface area contributed by atoms with Gasteiger partial charge in [0.05, 0.1) is 37.4 Å². The Morgan fingerprint density at radius 2 is 1.55 bits per heavy atom. The quantitative estimate of drug-likeness (QED) is 0.154. The number of methoxy groups -OCH3 is 2. The van der Waals surface area contributed by atoms with Gasteiger partial charge in [0.25, 0.3) is 11.3 Å². The highest BCUT2D eigenvalue weighted by Crippen LogP contribution is 2.36. The Morgan fingerprint density at radius 3 is 2.19 bits per heavy atom. The van der Waals surface area contributed by atoms with Crippen molar-refractivity contribution in [1.29, 1.82) is 0 Å². The van der Waals surface area contributed by atoms with Crippen LogP contribution in [-0.2, 0) is 22.5 Å². The van der Waals surface area contributed by atoms with E-state index in [1.54, 1.807) is 84.9 Å². The predicted octanol–water partition coefficient (Wildman–Crippen LogP) is 6.50. The van der Waals surface area contributed by atoms with Crippen molar-refractivity contribution in [1.82, 2.24) is 9.97 Å². The Morgan fingerprint density at radius 1 is 0.881 bits per heavy atom. The summed E-state index contributed by atoms with van der Waals surface area (Å²) in [6.07, 6.45) is 0.130. The second kappa shape index (κ2) is 12.9. The fourth-order valence-corrected chi connectivity index (χ4v) is 4.92. The van der Waals surface area contributed by atoms with Gasteiger partial charge in [0.2, 0.25) is 5.91 Å². The predicted molar refractivity (Wildman–Crippen MR) is 166 cm³/mol. The second-order valence-corrected chi connectivity index (χ2v) is 10.3. The lowest BCUT2D eigenvalue weighted by atomic mass is 10.1. The van der Waals surface area contributed by atoms with Crippen LogP contribution >= 0.6 is 11.6 Å². The molecule has 0 saturated heterocycles. The zero-order valence-electron chi connectivity index (χ0n) is 22.6. The standard InChI is InChI=1S/C30H26ClN5O5S/c1-40-24-16-22(17-25(18-24)41-2)33-29-30(35-27-9-4-3-8-26(27)34-29)36(42(38)39)23-7-5-6-21(15-23)32-28(37)14-19-10-12-20(31)13-11-19/h3-13,15-18H,14H2,1-2H3,(H,32,37)(H,33,34)(H,38,39). The molecule has 1 heterocycles. The summed E-state index contributed by atoms with van der Waals surface area (Å²) in [5, 5.41) is 6.62. The number of aromatic nitrogens is 2. The molecule has 214 valence electrons. The Balaban J connectivity index is 1.52. The van der Waals surface area contributed by atoms with Crippen LogP contribution in [0.15, 0.2) is 91.0 Å². The molecule has 1 unspecified atom stereocenters. The number of para-hydroxylation sites is 2. The molecule has 0 aliphatic rings. The van der Waals surface area contributed by atoms with Gasteiger partial charge >= 0.3 is 0 Å². The minimum absolute atomic E-state index is 0.0842. The van der Waals surface area contributed by atoms with E-state index in [1.165, 1.54) is 14.2 Å². The van der Waals surface area contributed by atoms with Crippen molar-refractivity contribution in [3.05, 3.63) is 102 Å². The number of hydrogen-bond donors (Lipinski definition) is 3. The normalized spacial score (nSPS) is 11.5. The molecule has 0 saturated carbocycles. The fraction of sp³-hybridized carbons (Fsp3) is 0.100. The highest BCUT2D eigenvalue weighted by Gasteiger charge is 2.24. The maximum atomic E-state index is 12.8. The van der Waals surface area contributed by atoms with Gasteiger partial charge in [-0.1, -0.05) is 41.9 Å². The van der Waals surface area contributed by atoms with E-state index >= 15 is 0 Å². The number of ether oxygens (including phenoxy) is 2. The summed E-state index contributed by atoms with van der Waals surface area (Å²) in [5.74, 6) is 1.11. The number of hydrogen-bond acceptors (Lipinski definition) is 7. The van der Waals surface area contributed by atoms with Gasteiger partial charge in [-0.3, -0.25) is 9.35 Å². The van der Waals surface area contributed by atoms with Gasteiger partial charge in [0, 0.05) is 34.6 Å². The molecule has 5 aromatic rings. The summed E-state index contributed by atoms with van der Waals surface area (Å²) in [6.45, 7) is 0. The van der Waals surface area contributed by atoms with Crippen LogP contribution in [0, 0.1) is 0 Å². The molecular weight excluding hydrogens is 578 g/mol. The third-order valence-electron chi connectivity index (χ3n) is 6.16. The second-order valence-electron chi connectivity index (χ2n) is 9.04. The summed E-state index contributed by atoms with van der Waals surface area (Å²) in [7, 11) is 3.08. The van der Waals surface area contributed by atoms with Crippen LogP contribution in [0.1, 0.15) is 5.56 Å². The average molecular weight is 604 g/mol. The number of fused-ring (bicyclic) bond motifs is 1. The highest BCUT2D eigenvalue weighted by atomic mass is 35.5. The van der Waals surface area contributed by atoms with Gasteiger partial charge < -0.3 is 20.1 Å². The van der Waals surface area contributed by atoms with E-state index < -0.39 is 11.3 Å². The first-order chi connectivity index (χ1) is 20.3. The molecule has 0 radical (unpaired) electrons. The van der Waals surface area contributed by atoms with Crippen molar-refractivity contribution in [3.8, 4) is 11.5 Å². The zero-order valence-corrected chi connectivity index (χ0v) is 24.1. The topological polar surface area (TPSA) is 126 Å². The molecule has 3 N–H and O–H groups in total. The number of anilines is 5. The van der Waals surface area contributed by atoms with E-state index in [-0.39, 0.29) is 24.0 Å². The number of nitrogens with zero attached hydrogens (tertiary/aromatic N) is 3. The lowest BCUT2D eigenvalue weighted by Gasteiger charge is -2.23. The molecule has 0 aliphatic carbocycles. The molecule has 42 heavy (non-hydrogen) atoms. The van der Waals surface area contributed by atoms with Gasteiger partial charge in [-0.25, -0.2) is 18.5 Å². The first kappa shape index (κ1) is 28.8. The molecule has 12 heteroatoms. The molecule has 1 amide bonds. The first-order valence-corrected chi connectivity index (χ1v) is 14.1. The lowest BCUT2D eigenvalue weighted by molar-refractivity contribution is -0.115. The smallest absolute Gasteiger partial charge is 0.268 e. The summed E-state index contributed by atoms with van der Waals surface area (Å²) >= 11 is 3.37.